The summed E-state index contributed by atoms with van der Waals surface area (Å²) in [5, 5.41) is 3.88. The van der Waals surface area contributed by atoms with Gasteiger partial charge in [0.25, 0.3) is 5.89 Å². The maximum absolute atomic E-state index is 12.4. The monoisotopic (exact) mass is 458 g/mol. The molecule has 0 aliphatic carbocycles. The van der Waals surface area contributed by atoms with E-state index in [-0.39, 0.29) is 31.1 Å². The first-order valence-electron chi connectivity index (χ1n) is 8.88. The Hall–Kier alpha value is -3.00. The lowest BCUT2D eigenvalue weighted by Crippen LogP contribution is -2.09. The van der Waals surface area contributed by atoms with E-state index in [4.69, 9.17) is 14.0 Å². The number of carbonyl (C=O) groups excluding carboxylic acids is 2. The molecule has 0 spiro atoms. The standard InChI is InChI=1S/C21H19BrN2O5/c1-13-6-8-18(27-2)16(10-13)17(25)7-9-20(26)28-12-19-23-21(24-29-19)14-4-3-5-15(22)11-14/h3-6,8,10-11H,7,9,12H2,1-2H3. The molecule has 1 heterocycles. The van der Waals surface area contributed by atoms with Gasteiger partial charge in [0, 0.05) is 16.5 Å². The fraction of sp³-hybridized carbons (Fsp3) is 0.238. The number of esters is 1. The van der Waals surface area contributed by atoms with Gasteiger partial charge in [0.1, 0.15) is 5.75 Å². The van der Waals surface area contributed by atoms with Crippen molar-refractivity contribution >= 4 is 27.7 Å². The zero-order valence-electron chi connectivity index (χ0n) is 16.0. The van der Waals surface area contributed by atoms with Crippen LogP contribution in [0.4, 0.5) is 0 Å². The van der Waals surface area contributed by atoms with Gasteiger partial charge in [0.05, 0.1) is 19.1 Å². The van der Waals surface area contributed by atoms with Gasteiger partial charge in [0.15, 0.2) is 12.4 Å². The van der Waals surface area contributed by atoms with E-state index in [0.29, 0.717) is 17.1 Å². The molecule has 0 saturated heterocycles. The van der Waals surface area contributed by atoms with Crippen LogP contribution in [0.15, 0.2) is 51.5 Å². The second-order valence-corrected chi connectivity index (χ2v) is 7.23. The maximum Gasteiger partial charge on any atom is 0.306 e. The SMILES string of the molecule is COc1ccc(C)cc1C(=O)CCC(=O)OCc1nc(-c2cccc(Br)c2)no1. The number of rotatable bonds is 8. The van der Waals surface area contributed by atoms with Gasteiger partial charge in [-0.25, -0.2) is 0 Å². The molecular formula is C21H19BrN2O5. The Labute approximate surface area is 176 Å². The fourth-order valence-electron chi connectivity index (χ4n) is 2.66. The Morgan fingerprint density at radius 3 is 2.72 bits per heavy atom. The maximum atomic E-state index is 12.4. The predicted octanol–water partition coefficient (Wildman–Crippen LogP) is 4.52. The lowest BCUT2D eigenvalue weighted by Gasteiger charge is -2.08. The van der Waals surface area contributed by atoms with Crippen molar-refractivity contribution in [1.29, 1.82) is 0 Å². The Balaban J connectivity index is 1.52. The molecule has 0 N–H and O–H groups in total. The van der Waals surface area contributed by atoms with E-state index in [9.17, 15) is 9.59 Å². The second kappa shape index (κ2) is 9.47. The topological polar surface area (TPSA) is 91.5 Å². The Kier molecular flexibility index (Phi) is 6.77. The van der Waals surface area contributed by atoms with E-state index < -0.39 is 5.97 Å². The van der Waals surface area contributed by atoms with Crippen molar-refractivity contribution < 1.29 is 23.6 Å². The average Bonchev–Trinajstić information content (AvgIpc) is 3.19. The van der Waals surface area contributed by atoms with Crippen molar-refractivity contribution in [2.24, 2.45) is 0 Å². The van der Waals surface area contributed by atoms with E-state index in [0.717, 1.165) is 15.6 Å². The number of ether oxygens (including phenoxy) is 2. The summed E-state index contributed by atoms with van der Waals surface area (Å²) in [5.41, 5.74) is 2.17. The fourth-order valence-corrected chi connectivity index (χ4v) is 3.06. The third-order valence-corrected chi connectivity index (χ3v) is 4.61. The number of aryl methyl sites for hydroxylation is 1. The van der Waals surface area contributed by atoms with Crippen molar-refractivity contribution in [3.8, 4) is 17.1 Å². The highest BCUT2D eigenvalue weighted by Gasteiger charge is 2.16. The average molecular weight is 459 g/mol. The number of benzene rings is 2. The largest absolute Gasteiger partial charge is 0.496 e. The van der Waals surface area contributed by atoms with Crippen LogP contribution >= 0.6 is 15.9 Å². The molecule has 3 aromatic rings. The highest BCUT2D eigenvalue weighted by atomic mass is 79.9. The summed E-state index contributed by atoms with van der Waals surface area (Å²) in [6.07, 6.45) is -0.0334. The summed E-state index contributed by atoms with van der Waals surface area (Å²) in [5.74, 6) is 0.364. The first-order valence-corrected chi connectivity index (χ1v) is 9.67. The Morgan fingerprint density at radius 1 is 1.14 bits per heavy atom. The minimum atomic E-state index is -0.521. The third kappa shape index (κ3) is 5.51. The summed E-state index contributed by atoms with van der Waals surface area (Å²) >= 11 is 3.38. The number of carbonyl (C=O) groups is 2. The van der Waals surface area contributed by atoms with Crippen LogP contribution in [0.5, 0.6) is 5.75 Å². The highest BCUT2D eigenvalue weighted by molar-refractivity contribution is 9.10. The van der Waals surface area contributed by atoms with Crippen LogP contribution in [0.2, 0.25) is 0 Å². The molecule has 3 rings (SSSR count). The number of Topliss-reactive ketones (excluding diaryl/α,β-unsaturated/α-hetero) is 1. The van der Waals surface area contributed by atoms with Gasteiger partial charge in [-0.2, -0.15) is 4.98 Å². The van der Waals surface area contributed by atoms with Gasteiger partial charge in [-0.15, -0.1) is 0 Å². The van der Waals surface area contributed by atoms with Crippen molar-refractivity contribution in [3.05, 3.63) is 64.0 Å². The van der Waals surface area contributed by atoms with E-state index in [1.54, 1.807) is 12.1 Å². The molecule has 8 heteroatoms. The number of ketones is 1. The smallest absolute Gasteiger partial charge is 0.306 e. The zero-order valence-corrected chi connectivity index (χ0v) is 17.6. The molecule has 0 aliphatic heterocycles. The first-order chi connectivity index (χ1) is 14.0. The van der Waals surface area contributed by atoms with Gasteiger partial charge >= 0.3 is 5.97 Å². The lowest BCUT2D eigenvalue weighted by molar-refractivity contribution is -0.145. The zero-order chi connectivity index (χ0) is 20.8. The molecule has 0 unspecified atom stereocenters. The predicted molar refractivity (Wildman–Crippen MR) is 109 cm³/mol. The highest BCUT2D eigenvalue weighted by Crippen LogP contribution is 2.22. The van der Waals surface area contributed by atoms with Crippen LogP contribution in [0.1, 0.15) is 34.7 Å². The summed E-state index contributed by atoms with van der Waals surface area (Å²) in [6, 6.07) is 12.8. The number of aromatic nitrogens is 2. The van der Waals surface area contributed by atoms with Gasteiger partial charge < -0.3 is 14.0 Å². The summed E-state index contributed by atoms with van der Waals surface area (Å²) < 4.78 is 16.4. The number of nitrogens with zero attached hydrogens (tertiary/aromatic N) is 2. The Morgan fingerprint density at radius 2 is 1.97 bits per heavy atom. The van der Waals surface area contributed by atoms with E-state index in [1.807, 2.05) is 37.3 Å². The van der Waals surface area contributed by atoms with Crippen LogP contribution in [0.3, 0.4) is 0 Å². The summed E-state index contributed by atoms with van der Waals surface area (Å²) in [7, 11) is 1.50. The minimum Gasteiger partial charge on any atom is -0.496 e. The van der Waals surface area contributed by atoms with Crippen LogP contribution in [0, 0.1) is 6.92 Å². The van der Waals surface area contributed by atoms with Crippen molar-refractivity contribution in [1.82, 2.24) is 10.1 Å². The Bertz CT molecular complexity index is 1030. The van der Waals surface area contributed by atoms with E-state index >= 15 is 0 Å². The second-order valence-electron chi connectivity index (χ2n) is 6.31. The van der Waals surface area contributed by atoms with Crippen LogP contribution in [-0.2, 0) is 16.1 Å². The molecule has 0 aliphatic rings. The molecule has 0 atom stereocenters. The van der Waals surface area contributed by atoms with Crippen LogP contribution in [-0.4, -0.2) is 29.0 Å². The lowest BCUT2D eigenvalue weighted by atomic mass is 10.0. The molecule has 7 nitrogen and oxygen atoms in total. The van der Waals surface area contributed by atoms with Crippen LogP contribution < -0.4 is 4.74 Å². The summed E-state index contributed by atoms with van der Waals surface area (Å²) in [4.78, 5) is 28.6. The molecule has 150 valence electrons. The molecule has 0 fully saturated rings. The van der Waals surface area contributed by atoms with Crippen LogP contribution in [0.25, 0.3) is 11.4 Å². The van der Waals surface area contributed by atoms with Gasteiger partial charge in [0.2, 0.25) is 5.82 Å². The quantitative estimate of drug-likeness (QED) is 0.361. The summed E-state index contributed by atoms with van der Waals surface area (Å²) in [6.45, 7) is 1.74. The van der Waals surface area contributed by atoms with Gasteiger partial charge in [-0.05, 0) is 31.2 Å². The van der Waals surface area contributed by atoms with Gasteiger partial charge in [-0.1, -0.05) is 44.8 Å². The number of hydrogen-bond donors (Lipinski definition) is 0. The molecule has 0 bridgehead atoms. The molecule has 0 amide bonds. The number of methoxy groups -OCH3 is 1. The molecular weight excluding hydrogens is 440 g/mol. The molecule has 1 aromatic heterocycles. The number of halogens is 1. The van der Waals surface area contributed by atoms with Crippen molar-refractivity contribution in [2.45, 2.75) is 26.4 Å². The third-order valence-electron chi connectivity index (χ3n) is 4.12. The normalized spacial score (nSPS) is 10.6. The number of hydrogen-bond acceptors (Lipinski definition) is 7. The molecule has 2 aromatic carbocycles. The van der Waals surface area contributed by atoms with Gasteiger partial charge in [-0.3, -0.25) is 9.59 Å². The van der Waals surface area contributed by atoms with Crippen molar-refractivity contribution in [3.63, 3.8) is 0 Å². The molecule has 0 radical (unpaired) electrons. The molecule has 29 heavy (non-hydrogen) atoms. The van der Waals surface area contributed by atoms with Crippen molar-refractivity contribution in [2.75, 3.05) is 7.11 Å². The first kappa shape index (κ1) is 20.7. The minimum absolute atomic E-state index is 0.0196. The van der Waals surface area contributed by atoms with E-state index in [1.165, 1.54) is 7.11 Å². The molecule has 0 saturated carbocycles. The van der Waals surface area contributed by atoms with E-state index in [2.05, 4.69) is 26.1 Å².